The molecule has 2 aromatic rings. The summed E-state index contributed by atoms with van der Waals surface area (Å²) in [5, 5.41) is 4.67. The summed E-state index contributed by atoms with van der Waals surface area (Å²) in [6.45, 7) is 2.65. The van der Waals surface area contributed by atoms with Gasteiger partial charge in [0.15, 0.2) is 11.4 Å². The van der Waals surface area contributed by atoms with Crippen molar-refractivity contribution in [2.75, 3.05) is 12.8 Å². The number of halogens is 1. The van der Waals surface area contributed by atoms with Crippen LogP contribution >= 0.6 is 11.6 Å². The van der Waals surface area contributed by atoms with Crippen LogP contribution in [-0.2, 0) is 6.54 Å². The fourth-order valence-electron chi connectivity index (χ4n) is 2.00. The Balaban J connectivity index is 2.49. The van der Waals surface area contributed by atoms with Crippen molar-refractivity contribution in [3.8, 4) is 5.75 Å². The Kier molecular flexibility index (Phi) is 4.29. The van der Waals surface area contributed by atoms with Gasteiger partial charge in [-0.1, -0.05) is 18.5 Å². The van der Waals surface area contributed by atoms with Gasteiger partial charge in [-0.2, -0.15) is 5.10 Å². The predicted octanol–water partition coefficient (Wildman–Crippen LogP) is 2.77. The number of methoxy groups -OCH3 is 1. The molecular weight excluding hydrogens is 278 g/mol. The molecule has 0 saturated carbocycles. The number of carbonyl (C=O) groups is 1. The normalized spacial score (nSPS) is 10.6. The van der Waals surface area contributed by atoms with E-state index in [4.69, 9.17) is 22.1 Å². The maximum atomic E-state index is 12.7. The van der Waals surface area contributed by atoms with E-state index >= 15 is 0 Å². The van der Waals surface area contributed by atoms with Crippen LogP contribution in [0, 0.1) is 0 Å². The number of rotatable bonds is 5. The van der Waals surface area contributed by atoms with E-state index in [1.54, 1.807) is 22.9 Å². The van der Waals surface area contributed by atoms with Gasteiger partial charge in [-0.15, -0.1) is 0 Å². The Morgan fingerprint density at radius 3 is 2.85 bits per heavy atom. The van der Waals surface area contributed by atoms with E-state index in [0.717, 1.165) is 6.42 Å². The summed E-state index contributed by atoms with van der Waals surface area (Å²) >= 11 is 5.85. The molecule has 5 nitrogen and oxygen atoms in total. The van der Waals surface area contributed by atoms with Crippen LogP contribution in [-0.4, -0.2) is 22.7 Å². The van der Waals surface area contributed by atoms with Crippen LogP contribution in [0.4, 0.5) is 5.69 Å². The van der Waals surface area contributed by atoms with Gasteiger partial charge in [0.05, 0.1) is 13.3 Å². The molecule has 6 heteroatoms. The van der Waals surface area contributed by atoms with Crippen LogP contribution in [0.25, 0.3) is 0 Å². The molecule has 2 rings (SSSR count). The van der Waals surface area contributed by atoms with Gasteiger partial charge in [0, 0.05) is 22.8 Å². The smallest absolute Gasteiger partial charge is 0.216 e. The highest BCUT2D eigenvalue weighted by atomic mass is 35.5. The van der Waals surface area contributed by atoms with Crippen molar-refractivity contribution in [2.24, 2.45) is 0 Å². The number of nitrogens with zero attached hydrogens (tertiary/aromatic N) is 2. The molecule has 20 heavy (non-hydrogen) atoms. The van der Waals surface area contributed by atoms with Crippen molar-refractivity contribution in [1.29, 1.82) is 0 Å². The first kappa shape index (κ1) is 14.4. The molecular formula is C14H16ClN3O2. The Bertz CT molecular complexity index is 637. The van der Waals surface area contributed by atoms with Crippen LogP contribution in [0.1, 0.15) is 29.4 Å². The first-order valence-corrected chi connectivity index (χ1v) is 6.65. The number of anilines is 1. The maximum Gasteiger partial charge on any atom is 0.216 e. The van der Waals surface area contributed by atoms with E-state index < -0.39 is 0 Å². The quantitative estimate of drug-likeness (QED) is 0.680. The molecule has 0 aliphatic heterocycles. The van der Waals surface area contributed by atoms with Gasteiger partial charge in [0.2, 0.25) is 5.78 Å². The zero-order valence-corrected chi connectivity index (χ0v) is 12.1. The second-order valence-corrected chi connectivity index (χ2v) is 4.78. The minimum absolute atomic E-state index is 0.220. The Morgan fingerprint density at radius 1 is 1.50 bits per heavy atom. The van der Waals surface area contributed by atoms with Gasteiger partial charge in [-0.25, -0.2) is 0 Å². The lowest BCUT2D eigenvalue weighted by atomic mass is 10.1. The van der Waals surface area contributed by atoms with Crippen molar-refractivity contribution in [2.45, 2.75) is 19.9 Å². The second kappa shape index (κ2) is 5.96. The number of hydrogen-bond donors (Lipinski definition) is 1. The zero-order valence-electron chi connectivity index (χ0n) is 11.4. The van der Waals surface area contributed by atoms with Gasteiger partial charge in [-0.05, 0) is 24.6 Å². The molecule has 0 radical (unpaired) electrons. The van der Waals surface area contributed by atoms with E-state index in [0.29, 0.717) is 34.3 Å². The lowest BCUT2D eigenvalue weighted by molar-refractivity contribution is 0.102. The molecule has 1 heterocycles. The number of aromatic nitrogens is 2. The van der Waals surface area contributed by atoms with E-state index in [9.17, 15) is 4.79 Å². The molecule has 1 aromatic carbocycles. The summed E-state index contributed by atoms with van der Waals surface area (Å²) in [5.41, 5.74) is 7.01. The van der Waals surface area contributed by atoms with Gasteiger partial charge >= 0.3 is 0 Å². The highest BCUT2D eigenvalue weighted by molar-refractivity contribution is 6.31. The fourth-order valence-corrected chi connectivity index (χ4v) is 2.18. The zero-order chi connectivity index (χ0) is 14.7. The summed E-state index contributed by atoms with van der Waals surface area (Å²) in [4.78, 5) is 12.7. The van der Waals surface area contributed by atoms with E-state index in [-0.39, 0.29) is 5.78 Å². The number of hydrogen-bond acceptors (Lipinski definition) is 4. The molecule has 0 spiro atoms. The topological polar surface area (TPSA) is 70.1 Å². The Hall–Kier alpha value is -2.01. The number of nitrogen functional groups attached to an aromatic ring is 1. The molecule has 0 amide bonds. The molecule has 0 saturated heterocycles. The number of benzene rings is 1. The minimum Gasteiger partial charge on any atom is -0.493 e. The molecule has 1 aromatic heterocycles. The summed E-state index contributed by atoms with van der Waals surface area (Å²) < 4.78 is 6.84. The van der Waals surface area contributed by atoms with Crippen LogP contribution in [0.15, 0.2) is 24.4 Å². The third-order valence-electron chi connectivity index (χ3n) is 2.93. The first-order chi connectivity index (χ1) is 9.58. The summed E-state index contributed by atoms with van der Waals surface area (Å²) in [6.07, 6.45) is 2.40. The monoisotopic (exact) mass is 293 g/mol. The van der Waals surface area contributed by atoms with Crippen molar-refractivity contribution in [1.82, 2.24) is 9.78 Å². The van der Waals surface area contributed by atoms with Crippen LogP contribution < -0.4 is 10.5 Å². The molecule has 0 bridgehead atoms. The standard InChI is InChI=1S/C14H16ClN3O2/c1-3-6-18-13(12(20-2)8-17-18)14(19)10-5-4-9(15)7-11(10)16/h4-5,7-8H,3,6,16H2,1-2H3. The van der Waals surface area contributed by atoms with Crippen molar-refractivity contribution >= 4 is 23.1 Å². The molecule has 0 aliphatic rings. The minimum atomic E-state index is -0.220. The second-order valence-electron chi connectivity index (χ2n) is 4.35. The van der Waals surface area contributed by atoms with Gasteiger partial charge in [0.1, 0.15) is 0 Å². The van der Waals surface area contributed by atoms with Gasteiger partial charge < -0.3 is 10.5 Å². The lowest BCUT2D eigenvalue weighted by Gasteiger charge is -2.09. The average Bonchev–Trinajstić information content (AvgIpc) is 2.81. The average molecular weight is 294 g/mol. The summed E-state index contributed by atoms with van der Waals surface area (Å²) in [6, 6.07) is 4.81. The fraction of sp³-hybridized carbons (Fsp3) is 0.286. The summed E-state index contributed by atoms with van der Waals surface area (Å²) in [5.74, 6) is 0.222. The first-order valence-electron chi connectivity index (χ1n) is 6.28. The predicted molar refractivity (Wildman–Crippen MR) is 78.4 cm³/mol. The molecule has 0 unspecified atom stereocenters. The third kappa shape index (κ3) is 2.63. The highest BCUT2D eigenvalue weighted by Crippen LogP contribution is 2.26. The van der Waals surface area contributed by atoms with Crippen LogP contribution in [0.3, 0.4) is 0 Å². The molecule has 0 fully saturated rings. The van der Waals surface area contributed by atoms with E-state index in [2.05, 4.69) is 5.10 Å². The van der Waals surface area contributed by atoms with Crippen molar-refractivity contribution in [3.05, 3.63) is 40.7 Å². The molecule has 2 N–H and O–H groups in total. The Labute approximate surface area is 122 Å². The van der Waals surface area contributed by atoms with Crippen molar-refractivity contribution in [3.63, 3.8) is 0 Å². The van der Waals surface area contributed by atoms with E-state index in [1.807, 2.05) is 6.92 Å². The van der Waals surface area contributed by atoms with Crippen LogP contribution in [0.2, 0.25) is 5.02 Å². The van der Waals surface area contributed by atoms with Gasteiger partial charge in [0.25, 0.3) is 0 Å². The van der Waals surface area contributed by atoms with Gasteiger partial charge in [-0.3, -0.25) is 9.48 Å². The number of carbonyl (C=O) groups excluding carboxylic acids is 1. The number of nitrogens with two attached hydrogens (primary N) is 1. The Morgan fingerprint density at radius 2 is 2.25 bits per heavy atom. The number of aryl methyl sites for hydroxylation is 1. The molecule has 106 valence electrons. The van der Waals surface area contributed by atoms with Crippen molar-refractivity contribution < 1.29 is 9.53 Å². The van der Waals surface area contributed by atoms with Crippen LogP contribution in [0.5, 0.6) is 5.75 Å². The SMILES string of the molecule is CCCn1ncc(OC)c1C(=O)c1ccc(Cl)cc1N. The lowest BCUT2D eigenvalue weighted by Crippen LogP contribution is -2.14. The summed E-state index contributed by atoms with van der Waals surface area (Å²) in [7, 11) is 1.51. The molecule has 0 atom stereocenters. The van der Waals surface area contributed by atoms with E-state index in [1.165, 1.54) is 13.3 Å². The molecule has 0 aliphatic carbocycles. The number of ketones is 1. The third-order valence-corrected chi connectivity index (χ3v) is 3.17. The highest BCUT2D eigenvalue weighted by Gasteiger charge is 2.22. The maximum absolute atomic E-state index is 12.7. The largest absolute Gasteiger partial charge is 0.493 e. The number of ether oxygens (including phenoxy) is 1.